The third-order valence-corrected chi connectivity index (χ3v) is 3.89. The fourth-order valence-electron chi connectivity index (χ4n) is 2.20. The Balaban J connectivity index is 2.23. The number of carbonyl (C=O) groups is 1. The van der Waals surface area contributed by atoms with Crippen LogP contribution in [0.25, 0.3) is 0 Å². The summed E-state index contributed by atoms with van der Waals surface area (Å²) in [6.45, 7) is 8.04. The van der Waals surface area contributed by atoms with E-state index in [4.69, 9.17) is 0 Å². The van der Waals surface area contributed by atoms with Crippen LogP contribution in [0.4, 0.5) is 0 Å². The first-order chi connectivity index (χ1) is 7.63. The normalized spacial score (nSPS) is 19.9. The van der Waals surface area contributed by atoms with Gasteiger partial charge in [-0.3, -0.25) is 4.79 Å². The van der Waals surface area contributed by atoms with Gasteiger partial charge in [0, 0.05) is 13.1 Å². The summed E-state index contributed by atoms with van der Waals surface area (Å²) >= 11 is 0. The first-order valence-corrected chi connectivity index (χ1v) is 6.64. The second kappa shape index (κ2) is 6.24. The van der Waals surface area contributed by atoms with Crippen molar-refractivity contribution >= 4 is 5.91 Å². The summed E-state index contributed by atoms with van der Waals surface area (Å²) < 4.78 is 0. The molecule has 0 aromatic carbocycles. The molecule has 1 atom stereocenters. The van der Waals surface area contributed by atoms with E-state index in [1.807, 2.05) is 6.92 Å². The van der Waals surface area contributed by atoms with Crippen LogP contribution in [0.3, 0.4) is 0 Å². The van der Waals surface area contributed by atoms with E-state index >= 15 is 0 Å². The van der Waals surface area contributed by atoms with Gasteiger partial charge < -0.3 is 10.6 Å². The van der Waals surface area contributed by atoms with Crippen molar-refractivity contribution in [3.8, 4) is 0 Å². The summed E-state index contributed by atoms with van der Waals surface area (Å²) in [6, 6.07) is -0.0597. The van der Waals surface area contributed by atoms with Gasteiger partial charge in [-0.2, -0.15) is 0 Å². The van der Waals surface area contributed by atoms with Crippen molar-refractivity contribution in [1.29, 1.82) is 0 Å². The van der Waals surface area contributed by atoms with Gasteiger partial charge in [-0.05, 0) is 38.0 Å². The van der Waals surface area contributed by atoms with Crippen molar-refractivity contribution in [3.63, 3.8) is 0 Å². The second-order valence-electron chi connectivity index (χ2n) is 5.10. The van der Waals surface area contributed by atoms with Gasteiger partial charge in [-0.1, -0.05) is 20.3 Å². The van der Waals surface area contributed by atoms with Gasteiger partial charge in [0.25, 0.3) is 0 Å². The lowest BCUT2D eigenvalue weighted by molar-refractivity contribution is -0.122. The molecule has 1 aliphatic rings. The van der Waals surface area contributed by atoms with Crippen LogP contribution in [0.5, 0.6) is 0 Å². The molecule has 1 aliphatic carbocycles. The Morgan fingerprint density at radius 3 is 2.50 bits per heavy atom. The Morgan fingerprint density at radius 2 is 2.06 bits per heavy atom. The van der Waals surface area contributed by atoms with Crippen molar-refractivity contribution in [3.05, 3.63) is 0 Å². The van der Waals surface area contributed by atoms with Crippen LogP contribution in [0.15, 0.2) is 0 Å². The van der Waals surface area contributed by atoms with Crippen LogP contribution in [0.1, 0.15) is 52.9 Å². The lowest BCUT2D eigenvalue weighted by Gasteiger charge is -2.42. The Hall–Kier alpha value is -0.570. The highest BCUT2D eigenvalue weighted by atomic mass is 16.2. The van der Waals surface area contributed by atoms with Gasteiger partial charge in [0.1, 0.15) is 0 Å². The third kappa shape index (κ3) is 3.48. The zero-order chi connectivity index (χ0) is 12.0. The number of nitrogens with one attached hydrogen (secondary N) is 2. The first kappa shape index (κ1) is 13.5. The van der Waals surface area contributed by atoms with E-state index in [0.29, 0.717) is 5.41 Å². The number of rotatable bonds is 7. The highest BCUT2D eigenvalue weighted by molar-refractivity contribution is 5.81. The predicted octanol–water partition coefficient (Wildman–Crippen LogP) is 2.07. The molecule has 1 saturated carbocycles. The summed E-state index contributed by atoms with van der Waals surface area (Å²) in [4.78, 5) is 11.6. The van der Waals surface area contributed by atoms with Crippen LogP contribution in [-0.2, 0) is 4.79 Å². The Kier molecular flexibility index (Phi) is 5.26. The third-order valence-electron chi connectivity index (χ3n) is 3.89. The molecule has 0 radical (unpaired) electrons. The summed E-state index contributed by atoms with van der Waals surface area (Å²) in [6.07, 6.45) is 6.21. The van der Waals surface area contributed by atoms with Crippen LogP contribution >= 0.6 is 0 Å². The van der Waals surface area contributed by atoms with Crippen molar-refractivity contribution in [1.82, 2.24) is 10.6 Å². The molecule has 0 heterocycles. The number of hydrogen-bond donors (Lipinski definition) is 2. The lowest BCUT2D eigenvalue weighted by Crippen LogP contribution is -2.48. The number of amides is 1. The SMILES string of the molecule is CCCNC(=O)C(C)NCC1(CC)CCC1. The maximum atomic E-state index is 11.6. The van der Waals surface area contributed by atoms with Crippen LogP contribution in [0.2, 0.25) is 0 Å². The predicted molar refractivity (Wildman–Crippen MR) is 67.3 cm³/mol. The van der Waals surface area contributed by atoms with Crippen LogP contribution in [0, 0.1) is 5.41 Å². The average molecular weight is 226 g/mol. The minimum absolute atomic E-state index is 0.0597. The standard InChI is InChI=1S/C13H26N2O/c1-4-9-14-12(16)11(3)15-10-13(5-2)7-6-8-13/h11,15H,4-10H2,1-3H3,(H,14,16). The molecule has 0 aromatic heterocycles. The topological polar surface area (TPSA) is 41.1 Å². The number of carbonyl (C=O) groups excluding carboxylic acids is 1. The van der Waals surface area contributed by atoms with E-state index in [0.717, 1.165) is 19.5 Å². The Labute approximate surface area is 99.4 Å². The van der Waals surface area contributed by atoms with E-state index in [1.165, 1.54) is 25.7 Å². The van der Waals surface area contributed by atoms with E-state index < -0.39 is 0 Å². The molecular formula is C13H26N2O. The fourth-order valence-corrected chi connectivity index (χ4v) is 2.20. The van der Waals surface area contributed by atoms with Gasteiger partial charge in [0.2, 0.25) is 5.91 Å². The molecule has 0 saturated heterocycles. The lowest BCUT2D eigenvalue weighted by atomic mass is 9.67. The van der Waals surface area contributed by atoms with Gasteiger partial charge in [0.15, 0.2) is 0 Å². The zero-order valence-corrected chi connectivity index (χ0v) is 10.9. The molecule has 1 rings (SSSR count). The molecule has 3 nitrogen and oxygen atoms in total. The van der Waals surface area contributed by atoms with E-state index in [9.17, 15) is 4.79 Å². The number of hydrogen-bond acceptors (Lipinski definition) is 2. The maximum absolute atomic E-state index is 11.6. The van der Waals surface area contributed by atoms with E-state index in [1.54, 1.807) is 0 Å². The Bertz CT molecular complexity index is 218. The molecule has 0 aliphatic heterocycles. The van der Waals surface area contributed by atoms with Crippen LogP contribution < -0.4 is 10.6 Å². The Morgan fingerprint density at radius 1 is 1.38 bits per heavy atom. The maximum Gasteiger partial charge on any atom is 0.236 e. The van der Waals surface area contributed by atoms with Crippen molar-refractivity contribution in [2.75, 3.05) is 13.1 Å². The highest BCUT2D eigenvalue weighted by Gasteiger charge is 2.35. The van der Waals surface area contributed by atoms with Gasteiger partial charge in [-0.25, -0.2) is 0 Å². The molecule has 0 aromatic rings. The second-order valence-corrected chi connectivity index (χ2v) is 5.10. The summed E-state index contributed by atoms with van der Waals surface area (Å²) in [5.74, 6) is 0.132. The van der Waals surface area contributed by atoms with Crippen molar-refractivity contribution < 1.29 is 4.79 Å². The fraction of sp³-hybridized carbons (Fsp3) is 0.923. The molecular weight excluding hydrogens is 200 g/mol. The molecule has 0 spiro atoms. The monoisotopic (exact) mass is 226 g/mol. The summed E-state index contributed by atoms with van der Waals surface area (Å²) in [5.41, 5.74) is 0.485. The van der Waals surface area contributed by atoms with Gasteiger partial charge in [-0.15, -0.1) is 0 Å². The molecule has 2 N–H and O–H groups in total. The highest BCUT2D eigenvalue weighted by Crippen LogP contribution is 2.43. The van der Waals surface area contributed by atoms with Gasteiger partial charge in [0.05, 0.1) is 6.04 Å². The molecule has 1 fully saturated rings. The van der Waals surface area contributed by atoms with Crippen molar-refractivity contribution in [2.24, 2.45) is 5.41 Å². The van der Waals surface area contributed by atoms with E-state index in [-0.39, 0.29) is 11.9 Å². The molecule has 16 heavy (non-hydrogen) atoms. The zero-order valence-electron chi connectivity index (χ0n) is 10.9. The molecule has 0 bridgehead atoms. The van der Waals surface area contributed by atoms with Gasteiger partial charge >= 0.3 is 0 Å². The largest absolute Gasteiger partial charge is 0.355 e. The van der Waals surface area contributed by atoms with E-state index in [2.05, 4.69) is 24.5 Å². The summed E-state index contributed by atoms with van der Waals surface area (Å²) in [5, 5.41) is 6.29. The van der Waals surface area contributed by atoms with Crippen molar-refractivity contribution in [2.45, 2.75) is 58.9 Å². The minimum Gasteiger partial charge on any atom is -0.355 e. The van der Waals surface area contributed by atoms with Crippen LogP contribution in [-0.4, -0.2) is 25.0 Å². The first-order valence-electron chi connectivity index (χ1n) is 6.64. The smallest absolute Gasteiger partial charge is 0.236 e. The quantitative estimate of drug-likeness (QED) is 0.698. The molecule has 3 heteroatoms. The molecule has 1 unspecified atom stereocenters. The summed E-state index contributed by atoms with van der Waals surface area (Å²) in [7, 11) is 0. The minimum atomic E-state index is -0.0597. The average Bonchev–Trinajstić information content (AvgIpc) is 2.24. The molecule has 1 amide bonds. The molecule has 94 valence electrons.